The van der Waals surface area contributed by atoms with E-state index in [4.69, 9.17) is 0 Å². The van der Waals surface area contributed by atoms with E-state index >= 15 is 0 Å². The summed E-state index contributed by atoms with van der Waals surface area (Å²) < 4.78 is 0. The third kappa shape index (κ3) is 2.78. The minimum absolute atomic E-state index is 0.0981. The van der Waals surface area contributed by atoms with Gasteiger partial charge in [0.15, 0.2) is 0 Å². The maximum Gasteiger partial charge on any atom is 0.0757 e. The summed E-state index contributed by atoms with van der Waals surface area (Å²) in [4.78, 5) is 8.77. The third-order valence-electron chi connectivity index (χ3n) is 3.67. The van der Waals surface area contributed by atoms with Crippen LogP contribution in [0.1, 0.15) is 29.8 Å². The van der Waals surface area contributed by atoms with Crippen molar-refractivity contribution in [3.05, 3.63) is 71.8 Å². The van der Waals surface area contributed by atoms with E-state index in [-0.39, 0.29) is 6.04 Å². The minimum atomic E-state index is 0.0981. The monoisotopic (exact) mass is 277 g/mol. The Morgan fingerprint density at radius 1 is 1.14 bits per heavy atom. The summed E-state index contributed by atoms with van der Waals surface area (Å²) in [6, 6.07) is 12.7. The molecule has 0 aliphatic carbocycles. The highest BCUT2D eigenvalue weighted by molar-refractivity contribution is 5.85. The highest BCUT2D eigenvalue weighted by atomic mass is 14.9. The summed E-state index contributed by atoms with van der Waals surface area (Å²) >= 11 is 0. The Labute approximate surface area is 125 Å². The van der Waals surface area contributed by atoms with E-state index in [2.05, 4.69) is 59.5 Å². The van der Waals surface area contributed by atoms with Gasteiger partial charge in [0.2, 0.25) is 0 Å². The SMILES string of the molecule is CCNC(c1cc(C)ccn1)c1cccc2cnccc12. The van der Waals surface area contributed by atoms with Crippen molar-refractivity contribution in [2.24, 2.45) is 0 Å². The van der Waals surface area contributed by atoms with Crippen molar-refractivity contribution in [2.75, 3.05) is 6.54 Å². The lowest BCUT2D eigenvalue weighted by atomic mass is 9.97. The van der Waals surface area contributed by atoms with Gasteiger partial charge in [-0.15, -0.1) is 0 Å². The predicted molar refractivity (Wildman–Crippen MR) is 86.2 cm³/mol. The number of nitrogens with zero attached hydrogens (tertiary/aromatic N) is 2. The molecular formula is C18H19N3. The second-order valence-electron chi connectivity index (χ2n) is 5.19. The maximum atomic E-state index is 4.56. The van der Waals surface area contributed by atoms with Gasteiger partial charge in [0.1, 0.15) is 0 Å². The number of benzene rings is 1. The summed E-state index contributed by atoms with van der Waals surface area (Å²) in [6.07, 6.45) is 5.63. The summed E-state index contributed by atoms with van der Waals surface area (Å²) in [5.74, 6) is 0. The standard InChI is InChI=1S/C18H19N3/c1-3-20-18(17-11-13(2)7-10-21-17)16-6-4-5-14-12-19-9-8-15(14)16/h4-12,18,20H,3H2,1-2H3. The molecule has 3 rings (SSSR count). The van der Waals surface area contributed by atoms with Crippen molar-refractivity contribution < 1.29 is 0 Å². The van der Waals surface area contributed by atoms with Gasteiger partial charge in [-0.2, -0.15) is 0 Å². The fraction of sp³-hybridized carbons (Fsp3) is 0.222. The topological polar surface area (TPSA) is 37.8 Å². The van der Waals surface area contributed by atoms with Gasteiger partial charge in [-0.1, -0.05) is 25.1 Å². The molecule has 0 amide bonds. The average Bonchev–Trinajstić information content (AvgIpc) is 2.52. The first-order valence-electron chi connectivity index (χ1n) is 7.28. The summed E-state index contributed by atoms with van der Waals surface area (Å²) in [5.41, 5.74) is 3.53. The molecule has 3 aromatic rings. The van der Waals surface area contributed by atoms with Gasteiger partial charge in [0, 0.05) is 24.0 Å². The zero-order valence-electron chi connectivity index (χ0n) is 12.4. The van der Waals surface area contributed by atoms with Crippen LogP contribution >= 0.6 is 0 Å². The number of aryl methyl sites for hydroxylation is 1. The highest BCUT2D eigenvalue weighted by Gasteiger charge is 2.16. The molecule has 2 aromatic heterocycles. The quantitative estimate of drug-likeness (QED) is 0.791. The van der Waals surface area contributed by atoms with Crippen LogP contribution in [0.15, 0.2) is 55.0 Å². The number of aromatic nitrogens is 2. The predicted octanol–water partition coefficient (Wildman–Crippen LogP) is 3.64. The number of rotatable bonds is 4. The molecule has 0 aliphatic heterocycles. The first kappa shape index (κ1) is 13.7. The maximum absolute atomic E-state index is 4.56. The van der Waals surface area contributed by atoms with Crippen LogP contribution in [0.25, 0.3) is 10.8 Å². The zero-order valence-corrected chi connectivity index (χ0v) is 12.4. The van der Waals surface area contributed by atoms with E-state index in [1.807, 2.05) is 24.7 Å². The Bertz CT molecular complexity index is 747. The lowest BCUT2D eigenvalue weighted by Gasteiger charge is -2.20. The molecule has 3 heteroatoms. The number of hydrogen-bond acceptors (Lipinski definition) is 3. The van der Waals surface area contributed by atoms with Crippen LogP contribution < -0.4 is 5.32 Å². The summed E-state index contributed by atoms with van der Waals surface area (Å²) in [6.45, 7) is 5.11. The molecule has 3 nitrogen and oxygen atoms in total. The fourth-order valence-electron chi connectivity index (χ4n) is 2.69. The number of hydrogen-bond donors (Lipinski definition) is 1. The zero-order chi connectivity index (χ0) is 14.7. The number of fused-ring (bicyclic) bond motifs is 1. The molecule has 21 heavy (non-hydrogen) atoms. The molecule has 0 spiro atoms. The molecule has 2 heterocycles. The fourth-order valence-corrected chi connectivity index (χ4v) is 2.69. The first-order valence-corrected chi connectivity index (χ1v) is 7.28. The van der Waals surface area contributed by atoms with E-state index < -0.39 is 0 Å². The van der Waals surface area contributed by atoms with E-state index in [0.717, 1.165) is 17.6 Å². The molecular weight excluding hydrogens is 258 g/mol. The number of nitrogens with one attached hydrogen (secondary N) is 1. The second-order valence-corrected chi connectivity index (χ2v) is 5.19. The van der Waals surface area contributed by atoms with Crippen LogP contribution in [0.4, 0.5) is 0 Å². The van der Waals surface area contributed by atoms with Gasteiger partial charge in [0.25, 0.3) is 0 Å². The van der Waals surface area contributed by atoms with Crippen LogP contribution in [-0.4, -0.2) is 16.5 Å². The van der Waals surface area contributed by atoms with Crippen molar-refractivity contribution in [1.29, 1.82) is 0 Å². The normalized spacial score (nSPS) is 12.5. The van der Waals surface area contributed by atoms with E-state index in [1.165, 1.54) is 16.5 Å². The molecule has 1 unspecified atom stereocenters. The van der Waals surface area contributed by atoms with Crippen LogP contribution in [0, 0.1) is 6.92 Å². The Morgan fingerprint density at radius 3 is 2.86 bits per heavy atom. The highest BCUT2D eigenvalue weighted by Crippen LogP contribution is 2.27. The van der Waals surface area contributed by atoms with Crippen molar-refractivity contribution in [1.82, 2.24) is 15.3 Å². The molecule has 0 fully saturated rings. The third-order valence-corrected chi connectivity index (χ3v) is 3.67. The summed E-state index contributed by atoms with van der Waals surface area (Å²) in [7, 11) is 0. The molecule has 0 radical (unpaired) electrons. The van der Waals surface area contributed by atoms with Crippen molar-refractivity contribution in [3.63, 3.8) is 0 Å². The van der Waals surface area contributed by atoms with E-state index in [1.54, 1.807) is 0 Å². The van der Waals surface area contributed by atoms with E-state index in [9.17, 15) is 0 Å². The van der Waals surface area contributed by atoms with E-state index in [0.29, 0.717) is 0 Å². The lowest BCUT2D eigenvalue weighted by molar-refractivity contribution is 0.618. The Morgan fingerprint density at radius 2 is 2.05 bits per heavy atom. The Hall–Kier alpha value is -2.26. The van der Waals surface area contributed by atoms with Crippen LogP contribution in [0.3, 0.4) is 0 Å². The molecule has 106 valence electrons. The smallest absolute Gasteiger partial charge is 0.0757 e. The lowest BCUT2D eigenvalue weighted by Crippen LogP contribution is -2.23. The second kappa shape index (κ2) is 6.02. The van der Waals surface area contributed by atoms with Gasteiger partial charge in [-0.25, -0.2) is 0 Å². The van der Waals surface area contributed by atoms with Crippen molar-refractivity contribution in [2.45, 2.75) is 19.9 Å². The van der Waals surface area contributed by atoms with Crippen molar-refractivity contribution in [3.8, 4) is 0 Å². The molecule has 0 aliphatic rings. The van der Waals surface area contributed by atoms with Gasteiger partial charge in [0.05, 0.1) is 11.7 Å². The van der Waals surface area contributed by atoms with Crippen LogP contribution in [-0.2, 0) is 0 Å². The average molecular weight is 277 g/mol. The Kier molecular flexibility index (Phi) is 3.93. The van der Waals surface area contributed by atoms with Gasteiger partial charge in [-0.3, -0.25) is 9.97 Å². The minimum Gasteiger partial charge on any atom is -0.305 e. The van der Waals surface area contributed by atoms with Gasteiger partial charge < -0.3 is 5.32 Å². The molecule has 1 atom stereocenters. The molecule has 1 N–H and O–H groups in total. The largest absolute Gasteiger partial charge is 0.305 e. The van der Waals surface area contributed by atoms with Crippen LogP contribution in [0.5, 0.6) is 0 Å². The molecule has 0 saturated heterocycles. The van der Waals surface area contributed by atoms with Crippen molar-refractivity contribution >= 4 is 10.8 Å². The Balaban J connectivity index is 2.16. The summed E-state index contributed by atoms with van der Waals surface area (Å²) in [5, 5.41) is 5.93. The molecule has 0 bridgehead atoms. The molecule has 0 saturated carbocycles. The number of pyridine rings is 2. The molecule has 1 aromatic carbocycles. The van der Waals surface area contributed by atoms with Gasteiger partial charge in [-0.05, 0) is 48.2 Å². The first-order chi connectivity index (χ1) is 10.3. The van der Waals surface area contributed by atoms with Gasteiger partial charge >= 0.3 is 0 Å². The van der Waals surface area contributed by atoms with Crippen LogP contribution in [0.2, 0.25) is 0 Å².